The number of carbonyl (C=O) groups excluding carboxylic acids is 3. The third kappa shape index (κ3) is 4.89. The fraction of sp³-hybridized carbons (Fsp3) is 0.190. The van der Waals surface area contributed by atoms with E-state index in [0.29, 0.717) is 17.0 Å². The summed E-state index contributed by atoms with van der Waals surface area (Å²) in [5.74, 6) is -0.288. The zero-order chi connectivity index (χ0) is 21.1. The first kappa shape index (κ1) is 21.1. The Morgan fingerprint density at radius 1 is 1.21 bits per heavy atom. The predicted octanol–water partition coefficient (Wildman–Crippen LogP) is 4.75. The van der Waals surface area contributed by atoms with Gasteiger partial charge in [-0.2, -0.15) is 0 Å². The van der Waals surface area contributed by atoms with Crippen LogP contribution in [0.15, 0.2) is 45.8 Å². The smallest absolute Gasteiger partial charge is 0.294 e. The van der Waals surface area contributed by atoms with Crippen molar-refractivity contribution in [3.8, 4) is 5.75 Å². The highest BCUT2D eigenvalue weighted by Crippen LogP contribution is 2.33. The number of imide groups is 1. The zero-order valence-corrected chi connectivity index (χ0v) is 18.5. The Hall–Kier alpha value is -2.58. The van der Waals surface area contributed by atoms with Gasteiger partial charge in [0.2, 0.25) is 5.91 Å². The van der Waals surface area contributed by atoms with Gasteiger partial charge in [0.25, 0.3) is 11.1 Å². The molecule has 0 bridgehead atoms. The lowest BCUT2D eigenvalue weighted by Crippen LogP contribution is -2.36. The highest BCUT2D eigenvalue weighted by atomic mass is 79.9. The molecule has 3 rings (SSSR count). The zero-order valence-electron chi connectivity index (χ0n) is 16.1. The van der Waals surface area contributed by atoms with Crippen LogP contribution in [0.25, 0.3) is 6.08 Å². The first-order valence-corrected chi connectivity index (χ1v) is 10.4. The van der Waals surface area contributed by atoms with Crippen molar-refractivity contribution in [2.75, 3.05) is 19.0 Å². The van der Waals surface area contributed by atoms with Crippen LogP contribution in [0.3, 0.4) is 0 Å². The van der Waals surface area contributed by atoms with Crippen LogP contribution >= 0.6 is 27.7 Å². The van der Waals surface area contributed by atoms with E-state index >= 15 is 0 Å². The Balaban J connectivity index is 1.75. The second-order valence-electron chi connectivity index (χ2n) is 6.51. The van der Waals surface area contributed by atoms with E-state index < -0.39 is 17.1 Å². The molecule has 29 heavy (non-hydrogen) atoms. The van der Waals surface area contributed by atoms with Crippen molar-refractivity contribution in [2.45, 2.75) is 13.8 Å². The fourth-order valence-corrected chi connectivity index (χ4v) is 4.24. The molecule has 2 aromatic carbocycles. The van der Waals surface area contributed by atoms with E-state index in [9.17, 15) is 14.4 Å². The highest BCUT2D eigenvalue weighted by Gasteiger charge is 2.36. The number of hydrogen-bond donors (Lipinski definition) is 1. The molecule has 1 aliphatic heterocycles. The van der Waals surface area contributed by atoms with E-state index in [2.05, 4.69) is 21.2 Å². The number of methoxy groups -OCH3 is 1. The van der Waals surface area contributed by atoms with Crippen LogP contribution < -0.4 is 10.1 Å². The van der Waals surface area contributed by atoms with Gasteiger partial charge in [-0.05, 0) is 66.6 Å². The first-order valence-electron chi connectivity index (χ1n) is 8.74. The second kappa shape index (κ2) is 8.84. The Kier molecular flexibility index (Phi) is 6.44. The molecule has 8 heteroatoms. The number of benzene rings is 2. The van der Waals surface area contributed by atoms with Crippen LogP contribution in [0.1, 0.15) is 16.7 Å². The molecule has 150 valence electrons. The van der Waals surface area contributed by atoms with Gasteiger partial charge in [0.15, 0.2) is 0 Å². The normalized spacial score (nSPS) is 15.2. The molecule has 1 N–H and O–H groups in total. The fourth-order valence-electron chi connectivity index (χ4n) is 2.91. The van der Waals surface area contributed by atoms with Crippen molar-refractivity contribution in [1.29, 1.82) is 0 Å². The van der Waals surface area contributed by atoms with Crippen molar-refractivity contribution >= 4 is 56.5 Å². The largest absolute Gasteiger partial charge is 0.497 e. The van der Waals surface area contributed by atoms with Gasteiger partial charge in [-0.25, -0.2) is 0 Å². The molecule has 3 amide bonds. The molecule has 0 spiro atoms. The van der Waals surface area contributed by atoms with E-state index in [0.717, 1.165) is 32.3 Å². The monoisotopic (exact) mass is 474 g/mol. The summed E-state index contributed by atoms with van der Waals surface area (Å²) < 4.78 is 6.00. The van der Waals surface area contributed by atoms with Crippen molar-refractivity contribution in [1.82, 2.24) is 4.90 Å². The van der Waals surface area contributed by atoms with Crippen molar-refractivity contribution in [2.24, 2.45) is 0 Å². The number of carbonyl (C=O) groups is 3. The molecule has 0 unspecified atom stereocenters. The van der Waals surface area contributed by atoms with Crippen LogP contribution in [-0.4, -0.2) is 35.6 Å². The number of rotatable bonds is 5. The minimum Gasteiger partial charge on any atom is -0.497 e. The number of para-hydroxylation sites is 1. The number of ether oxygens (including phenoxy) is 1. The minimum atomic E-state index is -0.490. The van der Waals surface area contributed by atoms with Gasteiger partial charge < -0.3 is 10.1 Å². The van der Waals surface area contributed by atoms with Gasteiger partial charge in [-0.1, -0.05) is 34.1 Å². The molecule has 1 saturated heterocycles. The molecule has 1 fully saturated rings. The van der Waals surface area contributed by atoms with E-state index in [-0.39, 0.29) is 11.4 Å². The third-order valence-corrected chi connectivity index (χ3v) is 5.71. The summed E-state index contributed by atoms with van der Waals surface area (Å²) in [6.45, 7) is 3.44. The van der Waals surface area contributed by atoms with Crippen LogP contribution in [0.5, 0.6) is 5.75 Å². The Morgan fingerprint density at radius 2 is 1.90 bits per heavy atom. The number of thioether (sulfide) groups is 1. The van der Waals surface area contributed by atoms with Crippen LogP contribution in [-0.2, 0) is 9.59 Å². The molecule has 1 heterocycles. The van der Waals surface area contributed by atoms with Gasteiger partial charge in [-0.15, -0.1) is 0 Å². The lowest BCUT2D eigenvalue weighted by Gasteiger charge is -2.15. The van der Waals surface area contributed by atoms with E-state index in [1.54, 1.807) is 25.3 Å². The summed E-state index contributed by atoms with van der Waals surface area (Å²) >= 11 is 4.20. The summed E-state index contributed by atoms with van der Waals surface area (Å²) in [7, 11) is 1.55. The first-order chi connectivity index (χ1) is 13.8. The lowest BCUT2D eigenvalue weighted by atomic mass is 10.1. The molecule has 6 nitrogen and oxygen atoms in total. The summed E-state index contributed by atoms with van der Waals surface area (Å²) in [5.41, 5.74) is 3.23. The van der Waals surface area contributed by atoms with Crippen molar-refractivity contribution in [3.63, 3.8) is 0 Å². The summed E-state index contributed by atoms with van der Waals surface area (Å²) in [6.07, 6.45) is 1.61. The van der Waals surface area contributed by atoms with Gasteiger partial charge in [0.1, 0.15) is 12.3 Å². The number of nitrogens with zero attached hydrogens (tertiary/aromatic N) is 1. The number of anilines is 1. The van der Waals surface area contributed by atoms with E-state index in [4.69, 9.17) is 4.74 Å². The third-order valence-electron chi connectivity index (χ3n) is 4.35. The summed E-state index contributed by atoms with van der Waals surface area (Å²) in [6, 6.07) is 11.0. The van der Waals surface area contributed by atoms with Gasteiger partial charge in [-0.3, -0.25) is 19.3 Å². The quantitative estimate of drug-likeness (QED) is 0.632. The van der Waals surface area contributed by atoms with Crippen LogP contribution in [0.4, 0.5) is 10.5 Å². The molecule has 0 aromatic heterocycles. The van der Waals surface area contributed by atoms with Gasteiger partial charge in [0, 0.05) is 10.2 Å². The molecule has 0 atom stereocenters. The van der Waals surface area contributed by atoms with E-state index in [1.165, 1.54) is 0 Å². The Labute approximate surface area is 181 Å². The molecule has 0 radical (unpaired) electrons. The Bertz CT molecular complexity index is 1020. The van der Waals surface area contributed by atoms with Crippen LogP contribution in [0.2, 0.25) is 0 Å². The topological polar surface area (TPSA) is 75.7 Å². The maximum absolute atomic E-state index is 12.7. The minimum absolute atomic E-state index is 0.259. The average molecular weight is 475 g/mol. The van der Waals surface area contributed by atoms with Crippen molar-refractivity contribution in [3.05, 3.63) is 62.5 Å². The molecular weight excluding hydrogens is 456 g/mol. The summed E-state index contributed by atoms with van der Waals surface area (Å²) in [5, 5.41) is 2.32. The standard InChI is InChI=1S/C21H19BrN2O4S/c1-12-5-4-6-13(2)19(12)23-18(25)11-24-20(26)17(29-21(24)27)9-14-7-15(22)10-16(8-14)28-3/h4-10H,11H2,1-3H3,(H,23,25). The predicted molar refractivity (Wildman–Crippen MR) is 118 cm³/mol. The molecule has 0 saturated carbocycles. The number of amides is 3. The number of aryl methyl sites for hydroxylation is 2. The number of halogens is 1. The second-order valence-corrected chi connectivity index (χ2v) is 8.42. The Morgan fingerprint density at radius 3 is 2.55 bits per heavy atom. The summed E-state index contributed by atoms with van der Waals surface area (Å²) in [4.78, 5) is 38.6. The van der Waals surface area contributed by atoms with E-state index in [1.807, 2.05) is 38.1 Å². The molecule has 2 aromatic rings. The highest BCUT2D eigenvalue weighted by molar-refractivity contribution is 9.10. The average Bonchev–Trinajstić information content (AvgIpc) is 2.91. The van der Waals surface area contributed by atoms with Gasteiger partial charge >= 0.3 is 0 Å². The SMILES string of the molecule is COc1cc(Br)cc(C=C2SC(=O)N(CC(=O)Nc3c(C)cccc3C)C2=O)c1. The van der Waals surface area contributed by atoms with Gasteiger partial charge in [0.05, 0.1) is 12.0 Å². The number of hydrogen-bond acceptors (Lipinski definition) is 5. The van der Waals surface area contributed by atoms with Crippen LogP contribution in [0, 0.1) is 13.8 Å². The lowest BCUT2D eigenvalue weighted by molar-refractivity contribution is -0.127. The molecular formula is C21H19BrN2O4S. The molecule has 0 aliphatic carbocycles. The number of nitrogens with one attached hydrogen (secondary N) is 1. The maximum Gasteiger partial charge on any atom is 0.294 e. The molecule has 1 aliphatic rings. The van der Waals surface area contributed by atoms with Crippen molar-refractivity contribution < 1.29 is 19.1 Å². The maximum atomic E-state index is 12.7.